The normalized spacial score (nSPS) is 18.1. The van der Waals surface area contributed by atoms with Gasteiger partial charge in [0.1, 0.15) is 12.3 Å². The zero-order valence-electron chi connectivity index (χ0n) is 19.1. The molecule has 1 atom stereocenters. The molecule has 0 saturated carbocycles. The van der Waals surface area contributed by atoms with Crippen molar-refractivity contribution in [3.63, 3.8) is 0 Å². The first-order valence-corrected chi connectivity index (χ1v) is 11.2. The van der Waals surface area contributed by atoms with Crippen molar-refractivity contribution in [3.8, 4) is 5.75 Å². The van der Waals surface area contributed by atoms with Gasteiger partial charge in [-0.2, -0.15) is 5.10 Å². The minimum atomic E-state index is -0.984. The van der Waals surface area contributed by atoms with Crippen LogP contribution >= 0.6 is 0 Å². The summed E-state index contributed by atoms with van der Waals surface area (Å²) >= 11 is 0. The van der Waals surface area contributed by atoms with Gasteiger partial charge in [-0.15, -0.1) is 0 Å². The van der Waals surface area contributed by atoms with Crippen LogP contribution in [0, 0.1) is 0 Å². The van der Waals surface area contributed by atoms with E-state index in [0.717, 1.165) is 28.2 Å². The molecule has 2 aliphatic rings. The van der Waals surface area contributed by atoms with Gasteiger partial charge in [-0.3, -0.25) is 19.3 Å². The predicted octanol–water partition coefficient (Wildman–Crippen LogP) is 2.96. The van der Waals surface area contributed by atoms with E-state index in [1.165, 1.54) is 5.01 Å². The minimum absolute atomic E-state index is 0.152. The molecule has 1 saturated heterocycles. The lowest BCUT2D eigenvalue weighted by Gasteiger charge is -2.24. The number of benzene rings is 2. The number of hydrazone groups is 1. The van der Waals surface area contributed by atoms with Crippen LogP contribution in [0.1, 0.15) is 43.4 Å². The largest absolute Gasteiger partial charge is 0.497 e. The lowest BCUT2D eigenvalue weighted by Crippen LogP contribution is -2.42. The molecule has 0 unspecified atom stereocenters. The van der Waals surface area contributed by atoms with Crippen molar-refractivity contribution < 1.29 is 23.9 Å². The standard InChI is InChI=1S/C25H26N4O5/c1-3-4-14-27-23(31)24(32)28(25(27)33)16-22(30)29-21(18-10-12-19(34-2)13-11-18)15-20(26-29)17-8-6-5-7-9-17/h5-13,21H,3-4,14-16H2,1-2H3/t21-/m1/s1. The van der Waals surface area contributed by atoms with Crippen molar-refractivity contribution >= 4 is 29.5 Å². The lowest BCUT2D eigenvalue weighted by molar-refractivity contribution is -0.145. The van der Waals surface area contributed by atoms with Crippen LogP contribution in [0.5, 0.6) is 5.75 Å². The highest BCUT2D eigenvalue weighted by Gasteiger charge is 2.46. The van der Waals surface area contributed by atoms with Crippen LogP contribution in [0.2, 0.25) is 0 Å². The van der Waals surface area contributed by atoms with E-state index >= 15 is 0 Å². The zero-order valence-corrected chi connectivity index (χ0v) is 19.1. The Morgan fingerprint density at radius 2 is 1.68 bits per heavy atom. The van der Waals surface area contributed by atoms with E-state index in [0.29, 0.717) is 23.5 Å². The number of methoxy groups -OCH3 is 1. The summed E-state index contributed by atoms with van der Waals surface area (Å²) in [5.74, 6) is -1.74. The number of carbonyl (C=O) groups excluding carboxylic acids is 4. The first-order valence-electron chi connectivity index (χ1n) is 11.2. The fraction of sp³-hybridized carbons (Fsp3) is 0.320. The molecular weight excluding hydrogens is 436 g/mol. The molecular formula is C25H26N4O5. The summed E-state index contributed by atoms with van der Waals surface area (Å²) in [6.07, 6.45) is 1.81. The Balaban J connectivity index is 1.59. The van der Waals surface area contributed by atoms with Crippen LogP contribution in [0.4, 0.5) is 4.79 Å². The molecule has 5 amide bonds. The number of hydrogen-bond acceptors (Lipinski definition) is 6. The predicted molar refractivity (Wildman–Crippen MR) is 124 cm³/mol. The van der Waals surface area contributed by atoms with Crippen molar-refractivity contribution in [1.82, 2.24) is 14.8 Å². The molecule has 0 radical (unpaired) electrons. The highest BCUT2D eigenvalue weighted by atomic mass is 16.5. The van der Waals surface area contributed by atoms with E-state index in [1.54, 1.807) is 19.2 Å². The molecule has 0 bridgehead atoms. The summed E-state index contributed by atoms with van der Waals surface area (Å²) in [6, 6.07) is 15.6. The summed E-state index contributed by atoms with van der Waals surface area (Å²) < 4.78 is 5.23. The first kappa shape index (κ1) is 23.2. The van der Waals surface area contributed by atoms with Crippen molar-refractivity contribution in [1.29, 1.82) is 0 Å². The average Bonchev–Trinajstić information content (AvgIpc) is 3.40. The number of unbranched alkanes of at least 4 members (excludes halogenated alkanes) is 1. The van der Waals surface area contributed by atoms with Gasteiger partial charge in [-0.05, 0) is 29.7 Å². The van der Waals surface area contributed by atoms with Crippen LogP contribution in [-0.2, 0) is 14.4 Å². The smallest absolute Gasteiger partial charge is 0.334 e. The molecule has 4 rings (SSSR count). The fourth-order valence-corrected chi connectivity index (χ4v) is 4.04. The van der Waals surface area contributed by atoms with Gasteiger partial charge in [-0.1, -0.05) is 55.8 Å². The number of amides is 5. The quantitative estimate of drug-likeness (QED) is 0.444. The summed E-state index contributed by atoms with van der Waals surface area (Å²) in [5, 5.41) is 5.87. The van der Waals surface area contributed by atoms with Crippen LogP contribution in [-0.4, -0.2) is 64.5 Å². The van der Waals surface area contributed by atoms with Crippen molar-refractivity contribution in [2.45, 2.75) is 32.2 Å². The highest BCUT2D eigenvalue weighted by Crippen LogP contribution is 2.34. The Morgan fingerprint density at radius 3 is 2.32 bits per heavy atom. The summed E-state index contributed by atoms with van der Waals surface area (Å²) in [7, 11) is 1.58. The topological polar surface area (TPSA) is 99.6 Å². The molecule has 0 spiro atoms. The number of nitrogens with zero attached hydrogens (tertiary/aromatic N) is 4. The number of ether oxygens (including phenoxy) is 1. The molecule has 2 heterocycles. The molecule has 1 fully saturated rings. The van der Waals surface area contributed by atoms with Gasteiger partial charge >= 0.3 is 17.8 Å². The van der Waals surface area contributed by atoms with E-state index in [2.05, 4.69) is 5.10 Å². The molecule has 0 aromatic heterocycles. The van der Waals surface area contributed by atoms with E-state index in [-0.39, 0.29) is 6.54 Å². The van der Waals surface area contributed by atoms with Crippen molar-refractivity contribution in [2.24, 2.45) is 5.10 Å². The lowest BCUT2D eigenvalue weighted by atomic mass is 9.98. The Hall–Kier alpha value is -4.01. The number of rotatable bonds is 8. The molecule has 2 aliphatic heterocycles. The highest BCUT2D eigenvalue weighted by molar-refractivity contribution is 6.45. The second-order valence-electron chi connectivity index (χ2n) is 8.13. The van der Waals surface area contributed by atoms with E-state index in [1.807, 2.05) is 49.4 Å². The number of urea groups is 1. The Kier molecular flexibility index (Phi) is 6.72. The number of hydrogen-bond donors (Lipinski definition) is 0. The van der Waals surface area contributed by atoms with Gasteiger partial charge in [0.2, 0.25) is 0 Å². The van der Waals surface area contributed by atoms with E-state index in [4.69, 9.17) is 4.74 Å². The van der Waals surface area contributed by atoms with Gasteiger partial charge in [0.05, 0.1) is 18.9 Å². The second kappa shape index (κ2) is 9.86. The van der Waals surface area contributed by atoms with Gasteiger partial charge in [0, 0.05) is 13.0 Å². The van der Waals surface area contributed by atoms with Crippen LogP contribution in [0.3, 0.4) is 0 Å². The van der Waals surface area contributed by atoms with Crippen LogP contribution < -0.4 is 4.74 Å². The van der Waals surface area contributed by atoms with Gasteiger partial charge in [0.15, 0.2) is 0 Å². The van der Waals surface area contributed by atoms with E-state index < -0.39 is 36.3 Å². The molecule has 0 aliphatic carbocycles. The van der Waals surface area contributed by atoms with E-state index in [9.17, 15) is 19.2 Å². The Labute approximate surface area is 197 Å². The maximum atomic E-state index is 13.3. The third kappa shape index (κ3) is 4.41. The molecule has 0 N–H and O–H groups in total. The Bertz CT molecular complexity index is 1130. The first-order chi connectivity index (χ1) is 16.4. The van der Waals surface area contributed by atoms with Gasteiger partial charge in [0.25, 0.3) is 5.91 Å². The molecule has 9 nitrogen and oxygen atoms in total. The molecule has 176 valence electrons. The third-order valence-electron chi connectivity index (χ3n) is 5.94. The number of imide groups is 2. The second-order valence-corrected chi connectivity index (χ2v) is 8.13. The SMILES string of the molecule is CCCCN1C(=O)C(=O)N(CC(=O)N2N=C(c3ccccc3)C[C@@H]2c2ccc(OC)cc2)C1=O. The zero-order chi connectivity index (χ0) is 24.2. The van der Waals surface area contributed by atoms with Crippen molar-refractivity contribution in [2.75, 3.05) is 20.2 Å². The minimum Gasteiger partial charge on any atom is -0.497 e. The van der Waals surface area contributed by atoms with Crippen molar-refractivity contribution in [3.05, 3.63) is 65.7 Å². The monoisotopic (exact) mass is 462 g/mol. The average molecular weight is 463 g/mol. The fourth-order valence-electron chi connectivity index (χ4n) is 4.04. The molecule has 2 aromatic carbocycles. The summed E-state index contributed by atoms with van der Waals surface area (Å²) in [5.41, 5.74) is 2.43. The van der Waals surface area contributed by atoms with Gasteiger partial charge in [-0.25, -0.2) is 14.7 Å². The molecule has 9 heteroatoms. The maximum Gasteiger partial charge on any atom is 0.334 e. The van der Waals surface area contributed by atoms with Crippen LogP contribution in [0.15, 0.2) is 59.7 Å². The Morgan fingerprint density at radius 1 is 1.00 bits per heavy atom. The summed E-state index contributed by atoms with van der Waals surface area (Å²) in [6.45, 7) is 1.52. The maximum absolute atomic E-state index is 13.3. The number of carbonyl (C=O) groups is 4. The molecule has 34 heavy (non-hydrogen) atoms. The summed E-state index contributed by atoms with van der Waals surface area (Å²) in [4.78, 5) is 52.3. The van der Waals surface area contributed by atoms with Crippen LogP contribution in [0.25, 0.3) is 0 Å². The molecule has 2 aromatic rings. The van der Waals surface area contributed by atoms with Gasteiger partial charge < -0.3 is 4.74 Å². The third-order valence-corrected chi connectivity index (χ3v) is 5.94.